The molecule has 0 bridgehead atoms. The number of benzene rings is 1. The van der Waals surface area contributed by atoms with E-state index in [-0.39, 0.29) is 18.0 Å². The van der Waals surface area contributed by atoms with Crippen molar-refractivity contribution >= 4 is 17.6 Å². The molecule has 1 aliphatic heterocycles. The number of anilines is 1. The Morgan fingerprint density at radius 3 is 2.55 bits per heavy atom. The van der Waals surface area contributed by atoms with Crippen molar-refractivity contribution in [1.29, 1.82) is 0 Å². The van der Waals surface area contributed by atoms with Crippen molar-refractivity contribution in [2.75, 3.05) is 24.5 Å². The summed E-state index contributed by atoms with van der Waals surface area (Å²) in [7, 11) is 0. The topological polar surface area (TPSA) is 52.7 Å². The molecule has 1 aromatic carbocycles. The van der Waals surface area contributed by atoms with Gasteiger partial charge in [-0.2, -0.15) is 0 Å². The van der Waals surface area contributed by atoms with Crippen molar-refractivity contribution < 1.29 is 9.59 Å². The predicted octanol–water partition coefficient (Wildman–Crippen LogP) is 1.84. The minimum Gasteiger partial charge on any atom is -0.333 e. The number of para-hydroxylation sites is 1. The zero-order chi connectivity index (χ0) is 14.5. The lowest BCUT2D eigenvalue weighted by atomic mass is 10.2. The maximum Gasteiger partial charge on any atom is 0.317 e. The monoisotopic (exact) mass is 275 g/mol. The molecule has 2 rings (SSSR count). The maximum absolute atomic E-state index is 12.0. The molecular formula is C15H21N3O2. The second-order valence-electron chi connectivity index (χ2n) is 4.86. The predicted molar refractivity (Wildman–Crippen MR) is 78.7 cm³/mol. The van der Waals surface area contributed by atoms with E-state index in [4.69, 9.17) is 0 Å². The molecule has 1 N–H and O–H groups in total. The van der Waals surface area contributed by atoms with Crippen molar-refractivity contribution in [3.63, 3.8) is 0 Å². The SMILES string of the molecule is CCN(CC)C(=O)NC1CC(=O)N(c2ccccc2)C1. The van der Waals surface area contributed by atoms with Crippen LogP contribution < -0.4 is 10.2 Å². The Morgan fingerprint density at radius 2 is 1.95 bits per heavy atom. The maximum atomic E-state index is 12.0. The van der Waals surface area contributed by atoms with Gasteiger partial charge in [0.25, 0.3) is 0 Å². The van der Waals surface area contributed by atoms with E-state index in [1.54, 1.807) is 9.80 Å². The third-order valence-corrected chi connectivity index (χ3v) is 3.57. The molecule has 20 heavy (non-hydrogen) atoms. The molecule has 3 amide bonds. The van der Waals surface area contributed by atoms with E-state index in [0.29, 0.717) is 26.1 Å². The summed E-state index contributed by atoms with van der Waals surface area (Å²) in [6, 6.07) is 9.34. The van der Waals surface area contributed by atoms with Gasteiger partial charge >= 0.3 is 6.03 Å². The molecule has 0 spiro atoms. The quantitative estimate of drug-likeness (QED) is 0.911. The molecule has 5 nitrogen and oxygen atoms in total. The number of rotatable bonds is 4. The Morgan fingerprint density at radius 1 is 1.30 bits per heavy atom. The molecule has 1 unspecified atom stereocenters. The van der Waals surface area contributed by atoms with Gasteiger partial charge in [0.2, 0.25) is 5.91 Å². The zero-order valence-corrected chi connectivity index (χ0v) is 12.0. The first-order chi connectivity index (χ1) is 9.65. The third-order valence-electron chi connectivity index (χ3n) is 3.57. The van der Waals surface area contributed by atoms with Gasteiger partial charge in [-0.1, -0.05) is 18.2 Å². The lowest BCUT2D eigenvalue weighted by molar-refractivity contribution is -0.117. The first-order valence-corrected chi connectivity index (χ1v) is 7.06. The van der Waals surface area contributed by atoms with Crippen LogP contribution in [-0.4, -0.2) is 42.5 Å². The van der Waals surface area contributed by atoms with Crippen molar-refractivity contribution in [3.8, 4) is 0 Å². The average molecular weight is 275 g/mol. The number of nitrogens with one attached hydrogen (secondary N) is 1. The molecule has 1 fully saturated rings. The molecule has 0 radical (unpaired) electrons. The second-order valence-corrected chi connectivity index (χ2v) is 4.86. The van der Waals surface area contributed by atoms with Crippen molar-refractivity contribution in [3.05, 3.63) is 30.3 Å². The summed E-state index contributed by atoms with van der Waals surface area (Å²) in [5.74, 6) is 0.0565. The van der Waals surface area contributed by atoms with Crippen LogP contribution in [0.4, 0.5) is 10.5 Å². The lowest BCUT2D eigenvalue weighted by Crippen LogP contribution is -2.45. The van der Waals surface area contributed by atoms with Crippen LogP contribution >= 0.6 is 0 Å². The van der Waals surface area contributed by atoms with Gasteiger partial charge in [0.15, 0.2) is 0 Å². The number of urea groups is 1. The number of carbonyl (C=O) groups excluding carboxylic acids is 2. The van der Waals surface area contributed by atoms with E-state index >= 15 is 0 Å². The van der Waals surface area contributed by atoms with Crippen LogP contribution in [0, 0.1) is 0 Å². The summed E-state index contributed by atoms with van der Waals surface area (Å²) in [5.41, 5.74) is 0.886. The fourth-order valence-corrected chi connectivity index (χ4v) is 2.44. The first-order valence-electron chi connectivity index (χ1n) is 7.06. The zero-order valence-electron chi connectivity index (χ0n) is 12.0. The Labute approximate surface area is 119 Å². The highest BCUT2D eigenvalue weighted by Crippen LogP contribution is 2.21. The summed E-state index contributed by atoms with van der Waals surface area (Å²) in [5, 5.41) is 2.94. The minimum absolute atomic E-state index is 0.0565. The number of hydrogen-bond acceptors (Lipinski definition) is 2. The fourth-order valence-electron chi connectivity index (χ4n) is 2.44. The largest absolute Gasteiger partial charge is 0.333 e. The van der Waals surface area contributed by atoms with E-state index in [2.05, 4.69) is 5.32 Å². The van der Waals surface area contributed by atoms with Crippen LogP contribution in [-0.2, 0) is 4.79 Å². The van der Waals surface area contributed by atoms with Gasteiger partial charge in [-0.15, -0.1) is 0 Å². The van der Waals surface area contributed by atoms with Crippen LogP contribution in [0.3, 0.4) is 0 Å². The van der Waals surface area contributed by atoms with Crippen LogP contribution in [0.2, 0.25) is 0 Å². The summed E-state index contributed by atoms with van der Waals surface area (Å²) >= 11 is 0. The van der Waals surface area contributed by atoms with Crippen LogP contribution in [0.25, 0.3) is 0 Å². The van der Waals surface area contributed by atoms with Crippen LogP contribution in [0.15, 0.2) is 30.3 Å². The van der Waals surface area contributed by atoms with Crippen molar-refractivity contribution in [2.24, 2.45) is 0 Å². The number of amides is 3. The van der Waals surface area contributed by atoms with E-state index in [9.17, 15) is 9.59 Å². The van der Waals surface area contributed by atoms with Gasteiger partial charge in [0, 0.05) is 31.7 Å². The smallest absolute Gasteiger partial charge is 0.317 e. The molecule has 5 heteroatoms. The molecule has 1 saturated heterocycles. The Kier molecular flexibility index (Phi) is 4.61. The number of nitrogens with zero attached hydrogens (tertiary/aromatic N) is 2. The lowest BCUT2D eigenvalue weighted by Gasteiger charge is -2.22. The van der Waals surface area contributed by atoms with Gasteiger partial charge in [-0.3, -0.25) is 4.79 Å². The van der Waals surface area contributed by atoms with Crippen LogP contribution in [0.1, 0.15) is 20.3 Å². The summed E-state index contributed by atoms with van der Waals surface area (Å²) in [6.45, 7) is 5.77. The van der Waals surface area contributed by atoms with Gasteiger partial charge in [0.1, 0.15) is 0 Å². The van der Waals surface area contributed by atoms with Gasteiger partial charge in [-0.05, 0) is 26.0 Å². The number of hydrogen-bond donors (Lipinski definition) is 1. The second kappa shape index (κ2) is 6.41. The number of carbonyl (C=O) groups is 2. The first kappa shape index (κ1) is 14.4. The van der Waals surface area contributed by atoms with Crippen LogP contribution in [0.5, 0.6) is 0 Å². The molecule has 108 valence electrons. The molecular weight excluding hydrogens is 254 g/mol. The molecule has 1 aliphatic rings. The minimum atomic E-state index is -0.115. The fraction of sp³-hybridized carbons (Fsp3) is 0.467. The van der Waals surface area contributed by atoms with E-state index in [0.717, 1.165) is 5.69 Å². The highest BCUT2D eigenvalue weighted by Gasteiger charge is 2.32. The Bertz CT molecular complexity index is 471. The van der Waals surface area contributed by atoms with E-state index in [1.165, 1.54) is 0 Å². The highest BCUT2D eigenvalue weighted by atomic mass is 16.2. The average Bonchev–Trinajstić information content (AvgIpc) is 2.82. The van der Waals surface area contributed by atoms with Gasteiger partial charge < -0.3 is 15.1 Å². The molecule has 1 atom stereocenters. The summed E-state index contributed by atoms with van der Waals surface area (Å²) < 4.78 is 0. The van der Waals surface area contributed by atoms with E-state index in [1.807, 2.05) is 44.2 Å². The molecule has 0 aromatic heterocycles. The van der Waals surface area contributed by atoms with E-state index < -0.39 is 0 Å². The molecule has 1 heterocycles. The summed E-state index contributed by atoms with van der Waals surface area (Å²) in [6.07, 6.45) is 0.363. The Hall–Kier alpha value is -2.04. The van der Waals surface area contributed by atoms with Gasteiger partial charge in [0.05, 0.1) is 6.04 Å². The molecule has 1 aromatic rings. The molecule has 0 saturated carbocycles. The normalized spacial score (nSPS) is 18.2. The molecule has 0 aliphatic carbocycles. The van der Waals surface area contributed by atoms with Crippen molar-refractivity contribution in [1.82, 2.24) is 10.2 Å². The van der Waals surface area contributed by atoms with Crippen molar-refractivity contribution in [2.45, 2.75) is 26.3 Å². The Balaban J connectivity index is 1.97. The highest BCUT2D eigenvalue weighted by molar-refractivity contribution is 5.96. The summed E-state index contributed by atoms with van der Waals surface area (Å²) in [4.78, 5) is 27.5. The third kappa shape index (κ3) is 3.10. The van der Waals surface area contributed by atoms with Gasteiger partial charge in [-0.25, -0.2) is 4.79 Å². The standard InChI is InChI=1S/C15H21N3O2/c1-3-17(4-2)15(20)16-12-10-14(19)18(11-12)13-8-6-5-7-9-13/h5-9,12H,3-4,10-11H2,1-2H3,(H,16,20).